The number of thiophene rings is 1. The van der Waals surface area contributed by atoms with E-state index in [9.17, 15) is 27.9 Å². The van der Waals surface area contributed by atoms with Crippen molar-refractivity contribution in [3.05, 3.63) is 55.9 Å². The second kappa shape index (κ2) is 9.84. The van der Waals surface area contributed by atoms with E-state index >= 15 is 0 Å². The van der Waals surface area contributed by atoms with E-state index in [1.54, 1.807) is 0 Å². The highest BCUT2D eigenvalue weighted by Crippen LogP contribution is 2.35. The maximum atomic E-state index is 11.9. The molecule has 1 aliphatic heterocycles. The molecule has 3 rings (SSSR count). The summed E-state index contributed by atoms with van der Waals surface area (Å²) in [5.74, 6) is 3.67. The Morgan fingerprint density at radius 3 is 2.25 bits per heavy atom. The smallest absolute Gasteiger partial charge is 0.300 e. The molecule has 28 heavy (non-hydrogen) atoms. The molecule has 0 atom stereocenters. The topological polar surface area (TPSA) is 117 Å². The molecule has 1 aromatic carbocycles. The molecule has 2 heterocycles. The number of benzene rings is 1. The van der Waals surface area contributed by atoms with E-state index in [2.05, 4.69) is 0 Å². The van der Waals surface area contributed by atoms with Crippen LogP contribution in [0.25, 0.3) is 0 Å². The number of rotatable bonds is 5. The molecule has 0 aliphatic carbocycles. The molecule has 0 unspecified atom stereocenters. The van der Waals surface area contributed by atoms with Crippen molar-refractivity contribution in [1.82, 2.24) is 0 Å². The van der Waals surface area contributed by atoms with Crippen molar-refractivity contribution in [3.8, 4) is 0 Å². The first kappa shape index (κ1) is 22.8. The molecule has 1 saturated heterocycles. The quantitative estimate of drug-likeness (QED) is 0.219. The van der Waals surface area contributed by atoms with Gasteiger partial charge in [0.1, 0.15) is 25.8 Å². The van der Waals surface area contributed by atoms with Gasteiger partial charge in [0.2, 0.25) is 5.78 Å². The normalized spacial score (nSPS) is 14.4. The highest BCUT2D eigenvalue weighted by atomic mass is 35.5. The van der Waals surface area contributed by atoms with Gasteiger partial charge in [0, 0.05) is 11.6 Å². The number of carbonyl (C=O) groups is 1. The lowest BCUT2D eigenvalue weighted by molar-refractivity contribution is -0.384. The van der Waals surface area contributed by atoms with Gasteiger partial charge in [-0.1, -0.05) is 41.4 Å². The maximum absolute atomic E-state index is 11.9. The van der Waals surface area contributed by atoms with Crippen molar-refractivity contribution in [2.75, 3.05) is 17.3 Å². The second-order valence-corrected chi connectivity index (χ2v) is 11.7. The number of ketones is 1. The summed E-state index contributed by atoms with van der Waals surface area (Å²) in [5, 5.41) is 10.2. The van der Waals surface area contributed by atoms with Gasteiger partial charge >= 0.3 is 0 Å². The third-order valence-corrected chi connectivity index (χ3v) is 8.92. The molecule has 1 aliphatic rings. The minimum absolute atomic E-state index is 0.320. The Morgan fingerprint density at radius 1 is 1.25 bits per heavy atom. The molecule has 0 amide bonds. The standard InChI is InChI=1S/C13H17OS.C4H2ClNO5S2/c1-11-4-6-12(7-5-11)13(14)10-15-8-2-3-9-15;5-4-2(6(7)8)1-3(12-4)13(9,10)11/h4-7H,2-3,8-10H2,1H3;1H,(H,9,10,11)/q+1;/p-1. The first-order chi connectivity index (χ1) is 13.1. The molecule has 0 N–H and O–H groups in total. The first-order valence-corrected chi connectivity index (χ1v) is 12.5. The van der Waals surface area contributed by atoms with Crippen LogP contribution in [0.2, 0.25) is 4.34 Å². The fourth-order valence-corrected chi connectivity index (χ4v) is 6.72. The van der Waals surface area contributed by atoms with E-state index in [0.717, 1.165) is 11.3 Å². The third-order valence-electron chi connectivity index (χ3n) is 3.91. The molecule has 0 bridgehead atoms. The number of nitrogens with zero attached hydrogens (tertiary/aromatic N) is 1. The zero-order valence-corrected chi connectivity index (χ0v) is 18.1. The fraction of sp³-hybridized carbons (Fsp3) is 0.353. The number of Topliss-reactive ketones (excluding diaryl/α,β-unsaturated/α-hetero) is 1. The summed E-state index contributed by atoms with van der Waals surface area (Å²) in [7, 11) is -4.27. The predicted octanol–water partition coefficient (Wildman–Crippen LogP) is 3.80. The first-order valence-electron chi connectivity index (χ1n) is 8.21. The van der Waals surface area contributed by atoms with E-state index in [4.69, 9.17) is 11.6 Å². The molecule has 152 valence electrons. The maximum Gasteiger partial charge on any atom is 0.300 e. The molecular formula is C17H18ClNO6S3. The van der Waals surface area contributed by atoms with Crippen molar-refractivity contribution in [2.24, 2.45) is 0 Å². The summed E-state index contributed by atoms with van der Waals surface area (Å²) in [6.07, 6.45) is 2.65. The summed E-state index contributed by atoms with van der Waals surface area (Å²) in [6, 6.07) is 8.60. The zero-order chi connectivity index (χ0) is 20.9. The molecule has 7 nitrogen and oxygen atoms in total. The van der Waals surface area contributed by atoms with Crippen LogP contribution in [0.15, 0.2) is 34.5 Å². The second-order valence-electron chi connectivity index (χ2n) is 6.10. The third kappa shape index (κ3) is 6.56. The van der Waals surface area contributed by atoms with Crippen LogP contribution in [0.3, 0.4) is 0 Å². The lowest BCUT2D eigenvalue weighted by Crippen LogP contribution is -2.17. The number of aryl methyl sites for hydroxylation is 1. The summed E-state index contributed by atoms with van der Waals surface area (Å²) in [6.45, 7) is 2.05. The van der Waals surface area contributed by atoms with Crippen LogP contribution < -0.4 is 0 Å². The van der Waals surface area contributed by atoms with Crippen LogP contribution in [0.1, 0.15) is 28.8 Å². The van der Waals surface area contributed by atoms with Crippen molar-refractivity contribution < 1.29 is 22.7 Å². The number of hydrogen-bond acceptors (Lipinski definition) is 7. The largest absolute Gasteiger partial charge is 0.743 e. The molecule has 0 saturated carbocycles. The Balaban J connectivity index is 0.000000203. The Hall–Kier alpha value is -1.46. The van der Waals surface area contributed by atoms with Crippen LogP contribution in [0.5, 0.6) is 0 Å². The highest BCUT2D eigenvalue weighted by molar-refractivity contribution is 7.97. The fourth-order valence-electron chi connectivity index (χ4n) is 2.45. The van der Waals surface area contributed by atoms with Gasteiger partial charge in [-0.05, 0) is 30.7 Å². The van der Waals surface area contributed by atoms with E-state index in [1.165, 1.54) is 29.9 Å². The SMILES string of the molecule is Cc1ccc(C(=O)C[S+]2CCCC2)cc1.O=[N+]([O-])c1cc(S(=O)(=O)[O-])sc1Cl. The molecule has 0 radical (unpaired) electrons. The van der Waals surface area contributed by atoms with Crippen molar-refractivity contribution in [3.63, 3.8) is 0 Å². The van der Waals surface area contributed by atoms with E-state index in [0.29, 0.717) is 34.1 Å². The lowest BCUT2D eigenvalue weighted by Gasteiger charge is -2.01. The Morgan fingerprint density at radius 2 is 1.82 bits per heavy atom. The summed E-state index contributed by atoms with van der Waals surface area (Å²) < 4.78 is 30.2. The average Bonchev–Trinajstić information content (AvgIpc) is 3.25. The Kier molecular flexibility index (Phi) is 8.02. The van der Waals surface area contributed by atoms with E-state index in [-0.39, 0.29) is 4.34 Å². The summed E-state index contributed by atoms with van der Waals surface area (Å²) >= 11 is 5.69. The molecule has 1 fully saturated rings. The molecule has 2 aromatic rings. The van der Waals surface area contributed by atoms with Gasteiger partial charge in [-0.25, -0.2) is 8.42 Å². The number of hydrogen-bond donors (Lipinski definition) is 0. The molecule has 1 aromatic heterocycles. The highest BCUT2D eigenvalue weighted by Gasteiger charge is 2.27. The van der Waals surface area contributed by atoms with E-state index < -0.39 is 24.9 Å². The van der Waals surface area contributed by atoms with Crippen LogP contribution in [-0.2, 0) is 21.0 Å². The summed E-state index contributed by atoms with van der Waals surface area (Å²) in [5.41, 5.74) is 1.54. The van der Waals surface area contributed by atoms with Gasteiger partial charge in [0.05, 0.1) is 4.92 Å². The minimum atomic E-state index is -4.66. The molecular weight excluding hydrogens is 446 g/mol. The zero-order valence-electron chi connectivity index (χ0n) is 14.9. The minimum Gasteiger partial charge on any atom is -0.743 e. The number of carbonyl (C=O) groups excluding carboxylic acids is 1. The molecule has 0 spiro atoms. The van der Waals surface area contributed by atoms with Crippen molar-refractivity contribution >= 4 is 55.4 Å². The van der Waals surface area contributed by atoms with Crippen molar-refractivity contribution in [2.45, 2.75) is 24.0 Å². The van der Waals surface area contributed by atoms with Crippen molar-refractivity contribution in [1.29, 1.82) is 0 Å². The van der Waals surface area contributed by atoms with Crippen LogP contribution in [0, 0.1) is 17.0 Å². The van der Waals surface area contributed by atoms with Gasteiger partial charge in [-0.15, -0.1) is 11.3 Å². The van der Waals surface area contributed by atoms with Gasteiger partial charge in [-0.2, -0.15) is 0 Å². The average molecular weight is 464 g/mol. The summed E-state index contributed by atoms with van der Waals surface area (Å²) in [4.78, 5) is 21.3. The lowest BCUT2D eigenvalue weighted by atomic mass is 10.1. The number of nitro groups is 1. The predicted molar refractivity (Wildman–Crippen MR) is 111 cm³/mol. The van der Waals surface area contributed by atoms with Crippen LogP contribution in [0.4, 0.5) is 5.69 Å². The van der Waals surface area contributed by atoms with Gasteiger partial charge in [0.25, 0.3) is 5.69 Å². The van der Waals surface area contributed by atoms with Crippen LogP contribution in [-0.4, -0.2) is 40.9 Å². The van der Waals surface area contributed by atoms with Gasteiger partial charge in [0.15, 0.2) is 10.1 Å². The number of halogens is 1. The Bertz CT molecular complexity index is 950. The monoisotopic (exact) mass is 463 g/mol. The molecule has 11 heteroatoms. The Labute approximate surface area is 175 Å². The van der Waals surface area contributed by atoms with Crippen LogP contribution >= 0.6 is 22.9 Å². The van der Waals surface area contributed by atoms with Gasteiger partial charge < -0.3 is 4.55 Å². The van der Waals surface area contributed by atoms with E-state index in [1.807, 2.05) is 31.2 Å². The van der Waals surface area contributed by atoms with Gasteiger partial charge in [-0.3, -0.25) is 14.9 Å².